The summed E-state index contributed by atoms with van der Waals surface area (Å²) in [4.78, 5) is 19.4. The van der Waals surface area contributed by atoms with E-state index >= 15 is 0 Å². The number of nitrogens with one attached hydrogen (secondary N) is 2. The molecule has 1 amide bonds. The van der Waals surface area contributed by atoms with Crippen molar-refractivity contribution in [2.24, 2.45) is 0 Å². The molecule has 2 heterocycles. The third-order valence-electron chi connectivity index (χ3n) is 4.74. The average molecular weight is 302 g/mol. The standard InChI is InChI=1S/C17H23N3O2/c1-19-8-6-13(7-9-19)20(2)17(21)16-10-12-4-5-14(22-3)11-15(12)18-16/h4-5,10-11,13,18H,6-9H2,1-3H3/p+1. The molecule has 0 radical (unpaired) electrons. The number of ether oxygens (including phenoxy) is 1. The number of nitrogens with zero attached hydrogens (tertiary/aromatic N) is 1. The van der Waals surface area contributed by atoms with Gasteiger partial charge in [-0.3, -0.25) is 4.79 Å². The Kier molecular flexibility index (Phi) is 4.07. The molecule has 5 heteroatoms. The maximum atomic E-state index is 12.7. The molecule has 1 aliphatic rings. The Bertz CT molecular complexity index is 672. The molecule has 1 aromatic carbocycles. The molecule has 2 N–H and O–H groups in total. The van der Waals surface area contributed by atoms with E-state index in [9.17, 15) is 4.79 Å². The second-order valence-electron chi connectivity index (χ2n) is 6.24. The Morgan fingerprint density at radius 2 is 2.05 bits per heavy atom. The number of H-pyrrole nitrogens is 1. The summed E-state index contributed by atoms with van der Waals surface area (Å²) in [5, 5.41) is 1.03. The Balaban J connectivity index is 1.79. The van der Waals surface area contributed by atoms with E-state index in [4.69, 9.17) is 4.74 Å². The van der Waals surface area contributed by atoms with Crippen LogP contribution in [0.25, 0.3) is 10.9 Å². The Morgan fingerprint density at radius 1 is 1.32 bits per heavy atom. The van der Waals surface area contributed by atoms with E-state index in [0.29, 0.717) is 11.7 Å². The highest BCUT2D eigenvalue weighted by Crippen LogP contribution is 2.22. The highest BCUT2D eigenvalue weighted by atomic mass is 16.5. The van der Waals surface area contributed by atoms with Gasteiger partial charge in [0.05, 0.1) is 27.2 Å². The number of hydrogen-bond donors (Lipinski definition) is 2. The van der Waals surface area contributed by atoms with Crippen LogP contribution >= 0.6 is 0 Å². The average Bonchev–Trinajstić information content (AvgIpc) is 2.97. The van der Waals surface area contributed by atoms with Crippen LogP contribution in [0.15, 0.2) is 24.3 Å². The first-order chi connectivity index (χ1) is 10.6. The van der Waals surface area contributed by atoms with Crippen LogP contribution in [-0.4, -0.2) is 56.1 Å². The van der Waals surface area contributed by atoms with Gasteiger partial charge in [-0.2, -0.15) is 0 Å². The van der Waals surface area contributed by atoms with Crippen LogP contribution in [0.5, 0.6) is 5.75 Å². The summed E-state index contributed by atoms with van der Waals surface area (Å²) in [6.45, 7) is 2.26. The van der Waals surface area contributed by atoms with Gasteiger partial charge in [0.1, 0.15) is 11.4 Å². The zero-order chi connectivity index (χ0) is 15.7. The number of amides is 1. The van der Waals surface area contributed by atoms with Crippen molar-refractivity contribution in [1.29, 1.82) is 0 Å². The number of piperidine rings is 1. The zero-order valence-corrected chi connectivity index (χ0v) is 13.5. The molecule has 5 nitrogen and oxygen atoms in total. The minimum absolute atomic E-state index is 0.0692. The fraction of sp³-hybridized carbons (Fsp3) is 0.471. The first-order valence-electron chi connectivity index (χ1n) is 7.83. The van der Waals surface area contributed by atoms with Crippen LogP contribution in [-0.2, 0) is 0 Å². The lowest BCUT2D eigenvalue weighted by Gasteiger charge is -2.33. The SMILES string of the molecule is COc1ccc2cc(C(=O)N(C)C3CC[NH+](C)CC3)[nH]c2c1. The van der Waals surface area contributed by atoms with Crippen molar-refractivity contribution >= 4 is 16.8 Å². The van der Waals surface area contributed by atoms with Crippen LogP contribution in [0.4, 0.5) is 0 Å². The molecule has 0 aliphatic carbocycles. The van der Waals surface area contributed by atoms with Crippen molar-refractivity contribution in [3.05, 3.63) is 30.0 Å². The highest BCUT2D eigenvalue weighted by Gasteiger charge is 2.27. The fourth-order valence-corrected chi connectivity index (χ4v) is 3.19. The normalized spacial score (nSPS) is 21.8. The van der Waals surface area contributed by atoms with Gasteiger partial charge in [0.15, 0.2) is 0 Å². The maximum absolute atomic E-state index is 12.7. The first-order valence-corrected chi connectivity index (χ1v) is 7.83. The van der Waals surface area contributed by atoms with E-state index in [1.54, 1.807) is 12.0 Å². The third kappa shape index (κ3) is 2.81. The number of likely N-dealkylation sites (tertiary alicyclic amines) is 1. The minimum Gasteiger partial charge on any atom is -0.497 e. The predicted octanol–water partition coefficient (Wildman–Crippen LogP) is 0.926. The van der Waals surface area contributed by atoms with Crippen LogP contribution in [0.2, 0.25) is 0 Å². The lowest BCUT2D eigenvalue weighted by molar-refractivity contribution is -0.885. The summed E-state index contributed by atoms with van der Waals surface area (Å²) < 4.78 is 5.23. The largest absolute Gasteiger partial charge is 0.497 e. The number of carbonyl (C=O) groups is 1. The van der Waals surface area contributed by atoms with E-state index in [2.05, 4.69) is 12.0 Å². The van der Waals surface area contributed by atoms with Gasteiger partial charge in [0.25, 0.3) is 5.91 Å². The molecule has 0 bridgehead atoms. The number of carbonyl (C=O) groups excluding carboxylic acids is 1. The van der Waals surface area contributed by atoms with Crippen LogP contribution in [0, 0.1) is 0 Å². The van der Waals surface area contributed by atoms with Gasteiger partial charge in [0, 0.05) is 42.9 Å². The van der Waals surface area contributed by atoms with Gasteiger partial charge < -0.3 is 19.5 Å². The fourth-order valence-electron chi connectivity index (χ4n) is 3.19. The summed E-state index contributed by atoms with van der Waals surface area (Å²) in [5.74, 6) is 0.861. The Hall–Kier alpha value is -2.01. The molecular formula is C17H24N3O2+. The van der Waals surface area contributed by atoms with Crippen molar-refractivity contribution in [3.8, 4) is 5.75 Å². The van der Waals surface area contributed by atoms with Crippen molar-refractivity contribution in [2.75, 3.05) is 34.3 Å². The quantitative estimate of drug-likeness (QED) is 0.886. The smallest absolute Gasteiger partial charge is 0.270 e. The second kappa shape index (κ2) is 6.01. The van der Waals surface area contributed by atoms with Crippen molar-refractivity contribution in [2.45, 2.75) is 18.9 Å². The number of methoxy groups -OCH3 is 1. The number of benzene rings is 1. The van der Waals surface area contributed by atoms with E-state index in [0.717, 1.165) is 42.6 Å². The van der Waals surface area contributed by atoms with Crippen molar-refractivity contribution in [1.82, 2.24) is 9.88 Å². The molecule has 0 unspecified atom stereocenters. The summed E-state index contributed by atoms with van der Waals surface area (Å²) >= 11 is 0. The van der Waals surface area contributed by atoms with Crippen molar-refractivity contribution in [3.63, 3.8) is 0 Å². The predicted molar refractivity (Wildman–Crippen MR) is 86.6 cm³/mol. The molecule has 1 aliphatic heterocycles. The van der Waals surface area contributed by atoms with Gasteiger partial charge in [0.2, 0.25) is 0 Å². The summed E-state index contributed by atoms with van der Waals surface area (Å²) in [6, 6.07) is 8.07. The molecule has 1 fully saturated rings. The van der Waals surface area contributed by atoms with Gasteiger partial charge >= 0.3 is 0 Å². The summed E-state index contributed by atoms with van der Waals surface area (Å²) in [7, 11) is 5.77. The van der Waals surface area contributed by atoms with Crippen LogP contribution in [0.3, 0.4) is 0 Å². The topological polar surface area (TPSA) is 49.8 Å². The van der Waals surface area contributed by atoms with Crippen LogP contribution < -0.4 is 9.64 Å². The van der Waals surface area contributed by atoms with Gasteiger partial charge in [-0.25, -0.2) is 0 Å². The van der Waals surface area contributed by atoms with E-state index in [-0.39, 0.29) is 5.91 Å². The number of aromatic nitrogens is 1. The third-order valence-corrected chi connectivity index (χ3v) is 4.74. The number of rotatable bonds is 3. The maximum Gasteiger partial charge on any atom is 0.270 e. The number of hydrogen-bond acceptors (Lipinski definition) is 2. The van der Waals surface area contributed by atoms with Gasteiger partial charge in [-0.15, -0.1) is 0 Å². The van der Waals surface area contributed by atoms with Gasteiger partial charge in [-0.1, -0.05) is 0 Å². The summed E-state index contributed by atoms with van der Waals surface area (Å²) in [5.41, 5.74) is 1.58. The molecule has 2 aromatic rings. The molecule has 0 saturated carbocycles. The second-order valence-corrected chi connectivity index (χ2v) is 6.24. The number of quaternary nitrogens is 1. The van der Waals surface area contributed by atoms with Crippen LogP contribution in [0.1, 0.15) is 23.3 Å². The Labute approximate surface area is 130 Å². The molecule has 118 valence electrons. The molecule has 22 heavy (non-hydrogen) atoms. The van der Waals surface area contributed by atoms with Crippen molar-refractivity contribution < 1.29 is 14.4 Å². The number of fused-ring (bicyclic) bond motifs is 1. The molecule has 1 saturated heterocycles. The van der Waals surface area contributed by atoms with E-state index in [1.807, 2.05) is 36.2 Å². The summed E-state index contributed by atoms with van der Waals surface area (Å²) in [6.07, 6.45) is 2.14. The molecule has 0 atom stereocenters. The highest BCUT2D eigenvalue weighted by molar-refractivity contribution is 5.98. The monoisotopic (exact) mass is 302 g/mol. The molecule has 0 spiro atoms. The molecule has 3 rings (SSSR count). The van der Waals surface area contributed by atoms with E-state index < -0.39 is 0 Å². The molecular weight excluding hydrogens is 278 g/mol. The zero-order valence-electron chi connectivity index (χ0n) is 13.5. The first kappa shape index (κ1) is 14.9. The minimum atomic E-state index is 0.0692. The molecule has 1 aromatic heterocycles. The lowest BCUT2D eigenvalue weighted by Crippen LogP contribution is -3.10. The van der Waals surface area contributed by atoms with Gasteiger partial charge in [-0.05, 0) is 18.2 Å². The number of aromatic amines is 1. The lowest BCUT2D eigenvalue weighted by atomic mass is 10.0. The van der Waals surface area contributed by atoms with E-state index in [1.165, 1.54) is 0 Å². The Morgan fingerprint density at radius 3 is 2.73 bits per heavy atom.